The van der Waals surface area contributed by atoms with Crippen LogP contribution in [-0.4, -0.2) is 52.6 Å². The highest BCUT2D eigenvalue weighted by atomic mass is 16.4. The Morgan fingerprint density at radius 3 is 2.35 bits per heavy atom. The maximum absolute atomic E-state index is 12.1. The average Bonchev–Trinajstić information content (AvgIpc) is 2.25. The fourth-order valence-corrected chi connectivity index (χ4v) is 1.45. The van der Waals surface area contributed by atoms with Crippen LogP contribution in [0.4, 0.5) is 4.79 Å². The number of carbonyl (C=O) groups excluding carboxylic acids is 1. The maximum atomic E-state index is 12.1. The molecule has 0 aromatic rings. The standard InChI is InChI=1S/C12H22N2O3/c1-5-8-14(10(3)4)12(17)13(6-2)9-7-11(15)16/h5,10H,1,6-9H2,2-4H3,(H,15,16). The lowest BCUT2D eigenvalue weighted by atomic mass is 10.3. The number of hydrogen-bond donors (Lipinski definition) is 1. The molecule has 0 rings (SSSR count). The quantitative estimate of drug-likeness (QED) is 0.692. The van der Waals surface area contributed by atoms with Gasteiger partial charge in [-0.25, -0.2) is 4.79 Å². The summed E-state index contributed by atoms with van der Waals surface area (Å²) in [5, 5.41) is 8.62. The minimum absolute atomic E-state index is 0.0282. The molecular weight excluding hydrogens is 220 g/mol. The predicted molar refractivity (Wildman–Crippen MR) is 66.9 cm³/mol. The number of carbonyl (C=O) groups is 2. The van der Waals surface area contributed by atoms with E-state index in [0.717, 1.165) is 0 Å². The van der Waals surface area contributed by atoms with Gasteiger partial charge in [0.25, 0.3) is 0 Å². The van der Waals surface area contributed by atoms with Crippen molar-refractivity contribution in [3.8, 4) is 0 Å². The predicted octanol–water partition coefficient (Wildman–Crippen LogP) is 1.80. The molecule has 5 heteroatoms. The highest BCUT2D eigenvalue weighted by molar-refractivity contribution is 5.76. The van der Waals surface area contributed by atoms with Crippen molar-refractivity contribution in [3.63, 3.8) is 0 Å². The van der Waals surface area contributed by atoms with Gasteiger partial charge >= 0.3 is 12.0 Å². The molecule has 0 aliphatic carbocycles. The molecule has 0 spiro atoms. The first-order valence-electron chi connectivity index (χ1n) is 5.82. The summed E-state index contributed by atoms with van der Waals surface area (Å²) in [5.41, 5.74) is 0. The zero-order valence-corrected chi connectivity index (χ0v) is 10.8. The molecule has 0 aromatic heterocycles. The van der Waals surface area contributed by atoms with Gasteiger partial charge in [-0.3, -0.25) is 4.79 Å². The SMILES string of the molecule is C=CCN(C(=O)N(CC)CCC(=O)O)C(C)C. The van der Waals surface area contributed by atoms with E-state index in [1.54, 1.807) is 11.0 Å². The summed E-state index contributed by atoms with van der Waals surface area (Å²) in [4.78, 5) is 25.8. The second-order valence-electron chi connectivity index (χ2n) is 4.04. The summed E-state index contributed by atoms with van der Waals surface area (Å²) in [7, 11) is 0. The Kier molecular flexibility index (Phi) is 7.02. The molecule has 2 amide bonds. The number of carboxylic acid groups (broad SMARTS) is 1. The van der Waals surface area contributed by atoms with E-state index in [4.69, 9.17) is 5.11 Å². The van der Waals surface area contributed by atoms with Gasteiger partial charge < -0.3 is 14.9 Å². The summed E-state index contributed by atoms with van der Waals surface area (Å²) in [6, 6.07) is -0.0666. The molecule has 0 radical (unpaired) electrons. The molecule has 0 aromatic carbocycles. The minimum atomic E-state index is -0.893. The van der Waals surface area contributed by atoms with Crippen LogP contribution in [0.2, 0.25) is 0 Å². The van der Waals surface area contributed by atoms with E-state index in [0.29, 0.717) is 13.1 Å². The Bertz CT molecular complexity index is 277. The van der Waals surface area contributed by atoms with Crippen LogP contribution in [0.1, 0.15) is 27.2 Å². The van der Waals surface area contributed by atoms with Crippen molar-refractivity contribution in [1.29, 1.82) is 0 Å². The number of nitrogens with zero attached hydrogens (tertiary/aromatic N) is 2. The van der Waals surface area contributed by atoms with Crippen LogP contribution in [-0.2, 0) is 4.79 Å². The highest BCUT2D eigenvalue weighted by Crippen LogP contribution is 2.05. The Morgan fingerprint density at radius 1 is 1.41 bits per heavy atom. The molecule has 0 heterocycles. The molecule has 1 N–H and O–H groups in total. The molecule has 0 unspecified atom stereocenters. The zero-order valence-electron chi connectivity index (χ0n) is 10.8. The van der Waals surface area contributed by atoms with E-state index >= 15 is 0 Å². The second-order valence-corrected chi connectivity index (χ2v) is 4.04. The number of hydrogen-bond acceptors (Lipinski definition) is 2. The highest BCUT2D eigenvalue weighted by Gasteiger charge is 2.21. The van der Waals surface area contributed by atoms with Crippen molar-refractivity contribution in [2.75, 3.05) is 19.6 Å². The number of amides is 2. The lowest BCUT2D eigenvalue weighted by Crippen LogP contribution is -2.47. The van der Waals surface area contributed by atoms with Gasteiger partial charge in [0.05, 0.1) is 6.42 Å². The topological polar surface area (TPSA) is 60.9 Å². The normalized spacial score (nSPS) is 10.1. The van der Waals surface area contributed by atoms with E-state index in [1.165, 1.54) is 4.90 Å². The Morgan fingerprint density at radius 2 is 2.00 bits per heavy atom. The van der Waals surface area contributed by atoms with Crippen molar-refractivity contribution in [2.24, 2.45) is 0 Å². The van der Waals surface area contributed by atoms with Gasteiger partial charge in [0.2, 0.25) is 0 Å². The van der Waals surface area contributed by atoms with Crippen LogP contribution in [0.5, 0.6) is 0 Å². The largest absolute Gasteiger partial charge is 0.481 e. The van der Waals surface area contributed by atoms with E-state index in [-0.39, 0.29) is 25.0 Å². The third-order valence-corrected chi connectivity index (χ3v) is 2.44. The fourth-order valence-electron chi connectivity index (χ4n) is 1.45. The molecule has 0 fully saturated rings. The second kappa shape index (κ2) is 7.70. The lowest BCUT2D eigenvalue weighted by Gasteiger charge is -2.31. The average molecular weight is 242 g/mol. The monoisotopic (exact) mass is 242 g/mol. The molecule has 5 nitrogen and oxygen atoms in total. The van der Waals surface area contributed by atoms with Crippen molar-refractivity contribution in [2.45, 2.75) is 33.2 Å². The Hall–Kier alpha value is -1.52. The summed E-state index contributed by atoms with van der Waals surface area (Å²) < 4.78 is 0. The molecule has 0 saturated carbocycles. The van der Waals surface area contributed by atoms with E-state index in [1.807, 2.05) is 20.8 Å². The van der Waals surface area contributed by atoms with Crippen molar-refractivity contribution >= 4 is 12.0 Å². The van der Waals surface area contributed by atoms with Gasteiger partial charge in [-0.1, -0.05) is 6.08 Å². The van der Waals surface area contributed by atoms with Crippen LogP contribution >= 0.6 is 0 Å². The Labute approximate surface area is 103 Å². The molecule has 0 saturated heterocycles. The van der Waals surface area contributed by atoms with E-state index < -0.39 is 5.97 Å². The molecule has 0 aliphatic heterocycles. The van der Waals surface area contributed by atoms with Crippen LogP contribution in [0, 0.1) is 0 Å². The van der Waals surface area contributed by atoms with Crippen molar-refractivity contribution in [1.82, 2.24) is 9.80 Å². The van der Waals surface area contributed by atoms with Gasteiger partial charge in [-0.2, -0.15) is 0 Å². The first-order valence-corrected chi connectivity index (χ1v) is 5.82. The van der Waals surface area contributed by atoms with Gasteiger partial charge in [-0.15, -0.1) is 6.58 Å². The summed E-state index contributed by atoms with van der Waals surface area (Å²) in [5.74, 6) is -0.893. The smallest absolute Gasteiger partial charge is 0.320 e. The first kappa shape index (κ1) is 15.5. The molecule has 0 atom stereocenters. The van der Waals surface area contributed by atoms with Gasteiger partial charge in [0.15, 0.2) is 0 Å². The number of urea groups is 1. The van der Waals surface area contributed by atoms with Crippen LogP contribution in [0.3, 0.4) is 0 Å². The molecule has 0 aliphatic rings. The molecule has 0 bridgehead atoms. The van der Waals surface area contributed by atoms with Crippen LogP contribution in [0.15, 0.2) is 12.7 Å². The van der Waals surface area contributed by atoms with Crippen molar-refractivity contribution < 1.29 is 14.7 Å². The number of aliphatic carboxylic acids is 1. The lowest BCUT2D eigenvalue weighted by molar-refractivity contribution is -0.137. The Balaban J connectivity index is 4.57. The molecule has 17 heavy (non-hydrogen) atoms. The number of rotatable bonds is 7. The molecule has 98 valence electrons. The zero-order chi connectivity index (χ0) is 13.4. The van der Waals surface area contributed by atoms with Gasteiger partial charge in [0, 0.05) is 25.7 Å². The third kappa shape index (κ3) is 5.38. The van der Waals surface area contributed by atoms with Crippen molar-refractivity contribution in [3.05, 3.63) is 12.7 Å². The first-order chi connectivity index (χ1) is 7.93. The van der Waals surface area contributed by atoms with Gasteiger partial charge in [-0.05, 0) is 20.8 Å². The minimum Gasteiger partial charge on any atom is -0.481 e. The van der Waals surface area contributed by atoms with E-state index in [9.17, 15) is 9.59 Å². The summed E-state index contributed by atoms with van der Waals surface area (Å²) in [6.07, 6.45) is 1.64. The summed E-state index contributed by atoms with van der Waals surface area (Å²) >= 11 is 0. The number of carboxylic acids is 1. The maximum Gasteiger partial charge on any atom is 0.320 e. The third-order valence-electron chi connectivity index (χ3n) is 2.44. The van der Waals surface area contributed by atoms with E-state index in [2.05, 4.69) is 6.58 Å². The summed E-state index contributed by atoms with van der Waals surface area (Å²) in [6.45, 7) is 10.5. The van der Waals surface area contributed by atoms with Gasteiger partial charge in [0.1, 0.15) is 0 Å². The molecular formula is C12H22N2O3. The fraction of sp³-hybridized carbons (Fsp3) is 0.667. The van der Waals surface area contributed by atoms with Crippen LogP contribution < -0.4 is 0 Å². The van der Waals surface area contributed by atoms with Crippen LogP contribution in [0.25, 0.3) is 0 Å².